The van der Waals surface area contributed by atoms with Crippen LogP contribution in [0.3, 0.4) is 0 Å². The average Bonchev–Trinajstić information content (AvgIpc) is 2.61. The van der Waals surface area contributed by atoms with Crippen molar-refractivity contribution in [2.24, 2.45) is 0 Å². The molecule has 8 heteroatoms. The predicted molar refractivity (Wildman–Crippen MR) is 91.1 cm³/mol. The number of nitrogens with one attached hydrogen (secondary N) is 2. The molecule has 2 rings (SSSR count). The monoisotopic (exact) mass is 366 g/mol. The van der Waals surface area contributed by atoms with E-state index in [2.05, 4.69) is 10.0 Å². The molecule has 0 fully saturated rings. The summed E-state index contributed by atoms with van der Waals surface area (Å²) in [6.07, 6.45) is 0. The van der Waals surface area contributed by atoms with E-state index >= 15 is 0 Å². The molecule has 25 heavy (non-hydrogen) atoms. The molecule has 0 heterocycles. The zero-order valence-corrected chi connectivity index (χ0v) is 14.5. The summed E-state index contributed by atoms with van der Waals surface area (Å²) in [7, 11) is -2.36. The van der Waals surface area contributed by atoms with Gasteiger partial charge in [-0.25, -0.2) is 17.5 Å². The highest BCUT2D eigenvalue weighted by Gasteiger charge is 2.16. The van der Waals surface area contributed by atoms with E-state index in [0.29, 0.717) is 13.2 Å². The Bertz CT molecular complexity index is 840. The van der Waals surface area contributed by atoms with Crippen LogP contribution in [0.2, 0.25) is 0 Å². The topological polar surface area (TPSA) is 84.5 Å². The number of methoxy groups -OCH3 is 1. The third-order valence-corrected chi connectivity index (χ3v) is 4.81. The van der Waals surface area contributed by atoms with Crippen molar-refractivity contribution in [2.45, 2.75) is 11.4 Å². The molecule has 2 aromatic carbocycles. The Morgan fingerprint density at radius 3 is 2.64 bits per heavy atom. The summed E-state index contributed by atoms with van der Waals surface area (Å²) < 4.78 is 45.5. The van der Waals surface area contributed by atoms with Crippen molar-refractivity contribution in [3.8, 4) is 0 Å². The number of rotatable bonds is 8. The molecule has 0 atom stereocenters. The molecular weight excluding hydrogens is 347 g/mol. The Balaban J connectivity index is 2.10. The molecule has 0 bridgehead atoms. The number of carbonyl (C=O) groups is 1. The minimum Gasteiger partial charge on any atom is -0.383 e. The fraction of sp³-hybridized carbons (Fsp3) is 0.235. The van der Waals surface area contributed by atoms with E-state index in [4.69, 9.17) is 4.74 Å². The van der Waals surface area contributed by atoms with Crippen LogP contribution in [0.15, 0.2) is 53.4 Å². The lowest BCUT2D eigenvalue weighted by Gasteiger charge is -2.09. The van der Waals surface area contributed by atoms with E-state index in [-0.39, 0.29) is 22.6 Å². The number of halogens is 1. The Kier molecular flexibility index (Phi) is 6.63. The van der Waals surface area contributed by atoms with Gasteiger partial charge >= 0.3 is 0 Å². The SMILES string of the molecule is COCCNC(=O)c1cccc(S(=O)(=O)NCc2ccccc2F)c1. The maximum absolute atomic E-state index is 13.6. The second-order valence-corrected chi connectivity index (χ2v) is 6.96. The van der Waals surface area contributed by atoms with Crippen molar-refractivity contribution >= 4 is 15.9 Å². The lowest BCUT2D eigenvalue weighted by atomic mass is 10.2. The Morgan fingerprint density at radius 2 is 1.92 bits per heavy atom. The standard InChI is InChI=1S/C17H19FN2O4S/c1-24-10-9-19-17(21)13-6-4-7-15(11-13)25(22,23)20-12-14-5-2-3-8-16(14)18/h2-8,11,20H,9-10,12H2,1H3,(H,19,21). The lowest BCUT2D eigenvalue weighted by Crippen LogP contribution is -2.28. The van der Waals surface area contributed by atoms with Crippen molar-refractivity contribution in [3.05, 3.63) is 65.5 Å². The van der Waals surface area contributed by atoms with Gasteiger partial charge in [-0.1, -0.05) is 24.3 Å². The van der Waals surface area contributed by atoms with E-state index in [1.54, 1.807) is 6.07 Å². The lowest BCUT2D eigenvalue weighted by molar-refractivity contribution is 0.0937. The van der Waals surface area contributed by atoms with Gasteiger partial charge in [-0.05, 0) is 24.3 Å². The number of hydrogen-bond donors (Lipinski definition) is 2. The highest BCUT2D eigenvalue weighted by atomic mass is 32.2. The van der Waals surface area contributed by atoms with Gasteiger partial charge in [-0.2, -0.15) is 0 Å². The van der Waals surface area contributed by atoms with Gasteiger partial charge in [0.15, 0.2) is 0 Å². The molecule has 0 aliphatic rings. The van der Waals surface area contributed by atoms with Gasteiger partial charge in [0.05, 0.1) is 11.5 Å². The number of hydrogen-bond acceptors (Lipinski definition) is 4. The fourth-order valence-electron chi connectivity index (χ4n) is 2.07. The molecule has 2 N–H and O–H groups in total. The van der Waals surface area contributed by atoms with E-state index in [0.717, 1.165) is 0 Å². The summed E-state index contributed by atoms with van der Waals surface area (Å²) in [5.74, 6) is -0.889. The highest BCUT2D eigenvalue weighted by Crippen LogP contribution is 2.13. The van der Waals surface area contributed by atoms with Gasteiger partial charge in [-0.3, -0.25) is 4.79 Å². The number of benzene rings is 2. The van der Waals surface area contributed by atoms with Crippen LogP contribution in [-0.2, 0) is 21.3 Å². The van der Waals surface area contributed by atoms with Crippen LogP contribution in [0.1, 0.15) is 15.9 Å². The Morgan fingerprint density at radius 1 is 1.16 bits per heavy atom. The van der Waals surface area contributed by atoms with Gasteiger partial charge < -0.3 is 10.1 Å². The zero-order chi connectivity index (χ0) is 18.3. The Hall–Kier alpha value is -2.29. The van der Waals surface area contributed by atoms with Crippen LogP contribution in [0.5, 0.6) is 0 Å². The minimum absolute atomic E-state index is 0.0665. The molecule has 0 radical (unpaired) electrons. The van der Waals surface area contributed by atoms with Crippen LogP contribution in [0.25, 0.3) is 0 Å². The van der Waals surface area contributed by atoms with Crippen molar-refractivity contribution in [1.82, 2.24) is 10.0 Å². The quantitative estimate of drug-likeness (QED) is 0.696. The third-order valence-electron chi connectivity index (χ3n) is 3.41. The van der Waals surface area contributed by atoms with Gasteiger partial charge in [0.25, 0.3) is 5.91 Å². The number of ether oxygens (including phenoxy) is 1. The number of carbonyl (C=O) groups excluding carboxylic acids is 1. The maximum Gasteiger partial charge on any atom is 0.251 e. The molecule has 0 aromatic heterocycles. The van der Waals surface area contributed by atoms with E-state index in [1.165, 1.54) is 49.6 Å². The van der Waals surface area contributed by atoms with Crippen LogP contribution < -0.4 is 10.0 Å². The third kappa shape index (κ3) is 5.35. The molecule has 134 valence electrons. The van der Waals surface area contributed by atoms with Gasteiger partial charge in [0.2, 0.25) is 10.0 Å². The number of amides is 1. The smallest absolute Gasteiger partial charge is 0.251 e. The van der Waals surface area contributed by atoms with Crippen molar-refractivity contribution in [1.29, 1.82) is 0 Å². The van der Waals surface area contributed by atoms with Crippen molar-refractivity contribution in [3.63, 3.8) is 0 Å². The molecule has 1 amide bonds. The molecule has 0 spiro atoms. The second-order valence-electron chi connectivity index (χ2n) is 5.19. The normalized spacial score (nSPS) is 11.3. The fourth-order valence-corrected chi connectivity index (χ4v) is 3.12. The Labute approximate surface area is 146 Å². The first-order valence-corrected chi connectivity index (χ1v) is 9.02. The molecule has 0 saturated carbocycles. The molecule has 0 aliphatic carbocycles. The summed E-state index contributed by atoms with van der Waals surface area (Å²) in [4.78, 5) is 11.9. The van der Waals surface area contributed by atoms with Gasteiger partial charge in [0.1, 0.15) is 5.82 Å². The first kappa shape index (κ1) is 19.0. The average molecular weight is 366 g/mol. The van der Waals surface area contributed by atoms with E-state index < -0.39 is 21.7 Å². The first-order valence-electron chi connectivity index (χ1n) is 7.54. The zero-order valence-electron chi connectivity index (χ0n) is 13.7. The van der Waals surface area contributed by atoms with E-state index in [1.807, 2.05) is 0 Å². The molecule has 0 aliphatic heterocycles. The highest BCUT2D eigenvalue weighted by molar-refractivity contribution is 7.89. The molecule has 2 aromatic rings. The minimum atomic E-state index is -3.88. The van der Waals surface area contributed by atoms with Crippen LogP contribution in [0.4, 0.5) is 4.39 Å². The number of sulfonamides is 1. The molecule has 6 nitrogen and oxygen atoms in total. The van der Waals surface area contributed by atoms with Crippen LogP contribution in [-0.4, -0.2) is 34.6 Å². The second kappa shape index (κ2) is 8.70. The summed E-state index contributed by atoms with van der Waals surface area (Å²) in [5.41, 5.74) is 0.449. The van der Waals surface area contributed by atoms with Crippen LogP contribution in [0, 0.1) is 5.82 Å². The molecular formula is C17H19FN2O4S. The maximum atomic E-state index is 13.6. The first-order chi connectivity index (χ1) is 11.9. The largest absolute Gasteiger partial charge is 0.383 e. The van der Waals surface area contributed by atoms with Crippen LogP contribution >= 0.6 is 0 Å². The summed E-state index contributed by atoms with van der Waals surface area (Å²) in [6, 6.07) is 11.5. The summed E-state index contributed by atoms with van der Waals surface area (Å²) in [5, 5.41) is 2.62. The molecule has 0 saturated heterocycles. The van der Waals surface area contributed by atoms with E-state index in [9.17, 15) is 17.6 Å². The van der Waals surface area contributed by atoms with Crippen molar-refractivity contribution < 1.29 is 22.3 Å². The van der Waals surface area contributed by atoms with Gasteiger partial charge in [0, 0.05) is 31.3 Å². The molecule has 0 unspecified atom stereocenters. The summed E-state index contributed by atoms with van der Waals surface area (Å²) >= 11 is 0. The summed E-state index contributed by atoms with van der Waals surface area (Å²) in [6.45, 7) is 0.491. The van der Waals surface area contributed by atoms with Crippen molar-refractivity contribution in [2.75, 3.05) is 20.3 Å². The predicted octanol–water partition coefficient (Wildman–Crippen LogP) is 1.68. The van der Waals surface area contributed by atoms with Gasteiger partial charge in [-0.15, -0.1) is 0 Å².